The second-order valence-electron chi connectivity index (χ2n) is 4.16. The molecule has 1 saturated carbocycles. The minimum absolute atomic E-state index is 0.607. The molecule has 12 heavy (non-hydrogen) atoms. The van der Waals surface area contributed by atoms with Gasteiger partial charge in [0, 0.05) is 5.33 Å². The Morgan fingerprint density at radius 3 is 2.58 bits per heavy atom. The lowest BCUT2D eigenvalue weighted by Crippen LogP contribution is -2.21. The number of alkyl halides is 1. The van der Waals surface area contributed by atoms with Crippen molar-refractivity contribution in [3.63, 3.8) is 0 Å². The van der Waals surface area contributed by atoms with Gasteiger partial charge in [0.15, 0.2) is 0 Å². The van der Waals surface area contributed by atoms with Crippen molar-refractivity contribution < 1.29 is 0 Å². The van der Waals surface area contributed by atoms with Crippen LogP contribution in [0, 0.1) is 11.3 Å². The van der Waals surface area contributed by atoms with Crippen molar-refractivity contribution >= 4 is 27.7 Å². The van der Waals surface area contributed by atoms with E-state index < -0.39 is 0 Å². The van der Waals surface area contributed by atoms with E-state index in [0.29, 0.717) is 5.41 Å². The Morgan fingerprint density at radius 2 is 2.17 bits per heavy atom. The van der Waals surface area contributed by atoms with Crippen LogP contribution in [-0.2, 0) is 0 Å². The van der Waals surface area contributed by atoms with Crippen molar-refractivity contribution in [1.29, 1.82) is 0 Å². The van der Waals surface area contributed by atoms with Gasteiger partial charge in [0.25, 0.3) is 0 Å². The number of thioether (sulfide) groups is 1. The summed E-state index contributed by atoms with van der Waals surface area (Å²) in [6, 6.07) is 0. The molecule has 1 aliphatic rings. The average Bonchev–Trinajstić information content (AvgIpc) is 2.87. The van der Waals surface area contributed by atoms with Gasteiger partial charge in [0.2, 0.25) is 0 Å². The molecule has 0 aliphatic heterocycles. The van der Waals surface area contributed by atoms with E-state index in [1.807, 2.05) is 11.8 Å². The Hall–Kier alpha value is 0.830. The molecule has 0 N–H and O–H groups in total. The summed E-state index contributed by atoms with van der Waals surface area (Å²) in [5.41, 5.74) is 0.607. The number of hydrogen-bond donors (Lipinski definition) is 0. The highest BCUT2D eigenvalue weighted by Gasteiger charge is 2.39. The van der Waals surface area contributed by atoms with Crippen LogP contribution in [0.4, 0.5) is 0 Å². The standard InChI is InChI=1S/C10H19BrS/c1-10(8-11,9-4-5-9)6-3-7-12-2/h9H,3-8H2,1-2H3. The van der Waals surface area contributed by atoms with Gasteiger partial charge in [0.05, 0.1) is 0 Å². The maximum atomic E-state index is 3.66. The van der Waals surface area contributed by atoms with Gasteiger partial charge in [-0.3, -0.25) is 0 Å². The van der Waals surface area contributed by atoms with Gasteiger partial charge in [-0.25, -0.2) is 0 Å². The maximum absolute atomic E-state index is 3.66. The Morgan fingerprint density at radius 1 is 1.50 bits per heavy atom. The summed E-state index contributed by atoms with van der Waals surface area (Å²) in [6.07, 6.45) is 7.94. The van der Waals surface area contributed by atoms with E-state index in [2.05, 4.69) is 29.1 Å². The van der Waals surface area contributed by atoms with Crippen LogP contribution in [0.5, 0.6) is 0 Å². The zero-order chi connectivity index (χ0) is 9.03. The third-order valence-corrected chi connectivity index (χ3v) is 4.94. The van der Waals surface area contributed by atoms with Crippen molar-refractivity contribution in [1.82, 2.24) is 0 Å². The number of rotatable bonds is 6. The normalized spacial score (nSPS) is 22.2. The first-order chi connectivity index (χ1) is 5.73. The summed E-state index contributed by atoms with van der Waals surface area (Å²) < 4.78 is 0. The molecule has 0 bridgehead atoms. The third-order valence-electron chi connectivity index (χ3n) is 2.96. The lowest BCUT2D eigenvalue weighted by molar-refractivity contribution is 0.292. The van der Waals surface area contributed by atoms with Crippen LogP contribution in [0.2, 0.25) is 0 Å². The molecule has 0 aromatic heterocycles. The fourth-order valence-electron chi connectivity index (χ4n) is 1.78. The molecule has 1 atom stereocenters. The molecule has 0 heterocycles. The van der Waals surface area contributed by atoms with E-state index in [9.17, 15) is 0 Å². The molecule has 0 amide bonds. The van der Waals surface area contributed by atoms with Crippen molar-refractivity contribution in [3.8, 4) is 0 Å². The molecule has 1 rings (SSSR count). The summed E-state index contributed by atoms with van der Waals surface area (Å²) in [7, 11) is 0. The molecule has 2 heteroatoms. The molecule has 72 valence electrons. The van der Waals surface area contributed by atoms with Gasteiger partial charge in [0.1, 0.15) is 0 Å². The van der Waals surface area contributed by atoms with Gasteiger partial charge in [-0.05, 0) is 49.0 Å². The van der Waals surface area contributed by atoms with Crippen LogP contribution in [0.3, 0.4) is 0 Å². The predicted octanol–water partition coefficient (Wildman–Crippen LogP) is 3.94. The first-order valence-electron chi connectivity index (χ1n) is 4.78. The number of hydrogen-bond acceptors (Lipinski definition) is 1. The van der Waals surface area contributed by atoms with E-state index in [1.54, 1.807) is 0 Å². The highest BCUT2D eigenvalue weighted by atomic mass is 79.9. The Kier molecular flexibility index (Phi) is 4.45. The second kappa shape index (κ2) is 4.90. The highest BCUT2D eigenvalue weighted by Crippen LogP contribution is 2.49. The molecule has 0 saturated heterocycles. The predicted molar refractivity (Wildman–Crippen MR) is 62.2 cm³/mol. The van der Waals surface area contributed by atoms with Crippen LogP contribution in [0.25, 0.3) is 0 Å². The summed E-state index contributed by atoms with van der Waals surface area (Å²) in [5.74, 6) is 2.36. The average molecular weight is 251 g/mol. The van der Waals surface area contributed by atoms with Crippen LogP contribution in [-0.4, -0.2) is 17.3 Å². The second-order valence-corrected chi connectivity index (χ2v) is 5.70. The van der Waals surface area contributed by atoms with E-state index in [0.717, 1.165) is 5.92 Å². The largest absolute Gasteiger partial charge is 0.165 e. The van der Waals surface area contributed by atoms with Gasteiger partial charge in [-0.2, -0.15) is 11.8 Å². The zero-order valence-electron chi connectivity index (χ0n) is 8.11. The van der Waals surface area contributed by atoms with E-state index in [4.69, 9.17) is 0 Å². The lowest BCUT2D eigenvalue weighted by Gasteiger charge is -2.27. The molecular weight excluding hydrogens is 232 g/mol. The van der Waals surface area contributed by atoms with E-state index in [1.165, 1.54) is 36.8 Å². The Balaban J connectivity index is 2.23. The topological polar surface area (TPSA) is 0 Å². The highest BCUT2D eigenvalue weighted by molar-refractivity contribution is 9.09. The van der Waals surface area contributed by atoms with Gasteiger partial charge in [-0.1, -0.05) is 22.9 Å². The molecular formula is C10H19BrS. The summed E-state index contributed by atoms with van der Waals surface area (Å²) in [4.78, 5) is 0. The monoisotopic (exact) mass is 250 g/mol. The molecule has 0 aromatic carbocycles. The smallest absolute Gasteiger partial charge is 0.00879 e. The lowest BCUT2D eigenvalue weighted by atomic mass is 9.83. The summed E-state index contributed by atoms with van der Waals surface area (Å²) in [6.45, 7) is 2.44. The fourth-order valence-corrected chi connectivity index (χ4v) is 2.95. The minimum atomic E-state index is 0.607. The molecule has 1 fully saturated rings. The summed E-state index contributed by atoms with van der Waals surface area (Å²) in [5, 5.41) is 1.19. The van der Waals surface area contributed by atoms with Gasteiger partial charge in [-0.15, -0.1) is 0 Å². The first kappa shape index (κ1) is 10.9. The van der Waals surface area contributed by atoms with Crippen LogP contribution in [0.1, 0.15) is 32.6 Å². The van der Waals surface area contributed by atoms with Crippen LogP contribution >= 0.6 is 27.7 Å². The Labute approximate surface area is 89.0 Å². The van der Waals surface area contributed by atoms with Gasteiger partial charge >= 0.3 is 0 Å². The minimum Gasteiger partial charge on any atom is -0.165 e. The quantitative estimate of drug-likeness (QED) is 0.509. The van der Waals surface area contributed by atoms with Crippen molar-refractivity contribution in [2.45, 2.75) is 32.6 Å². The third kappa shape index (κ3) is 2.95. The van der Waals surface area contributed by atoms with Crippen LogP contribution < -0.4 is 0 Å². The molecule has 0 spiro atoms. The molecule has 0 aromatic rings. The van der Waals surface area contributed by atoms with E-state index in [-0.39, 0.29) is 0 Å². The SMILES string of the molecule is CSCCCC(C)(CBr)C1CC1. The molecule has 1 aliphatic carbocycles. The van der Waals surface area contributed by atoms with Crippen LogP contribution in [0.15, 0.2) is 0 Å². The van der Waals surface area contributed by atoms with Crippen molar-refractivity contribution in [2.75, 3.05) is 17.3 Å². The molecule has 0 radical (unpaired) electrons. The summed E-state index contributed by atoms with van der Waals surface area (Å²) >= 11 is 5.63. The Bertz CT molecular complexity index is 134. The van der Waals surface area contributed by atoms with Crippen molar-refractivity contribution in [3.05, 3.63) is 0 Å². The molecule has 1 unspecified atom stereocenters. The first-order valence-corrected chi connectivity index (χ1v) is 7.29. The maximum Gasteiger partial charge on any atom is 0.00879 e. The number of halogens is 1. The zero-order valence-corrected chi connectivity index (χ0v) is 10.5. The van der Waals surface area contributed by atoms with Gasteiger partial charge < -0.3 is 0 Å². The van der Waals surface area contributed by atoms with E-state index >= 15 is 0 Å². The van der Waals surface area contributed by atoms with Crippen molar-refractivity contribution in [2.24, 2.45) is 11.3 Å². The molecule has 0 nitrogen and oxygen atoms in total. The fraction of sp³-hybridized carbons (Fsp3) is 1.00.